The maximum absolute atomic E-state index is 13.0. The highest BCUT2D eigenvalue weighted by Gasteiger charge is 2.16. The molecule has 1 aromatic heterocycles. The molecule has 0 spiro atoms. The zero-order chi connectivity index (χ0) is 16.1. The smallest absolute Gasteiger partial charge is 0.406 e. The molecule has 0 aliphatic rings. The Labute approximate surface area is 122 Å². The van der Waals surface area contributed by atoms with E-state index in [1.165, 1.54) is 24.4 Å². The van der Waals surface area contributed by atoms with Crippen LogP contribution in [0.1, 0.15) is 0 Å². The minimum atomic E-state index is -1.11. The second-order valence-electron chi connectivity index (χ2n) is 4.05. The van der Waals surface area contributed by atoms with Crippen molar-refractivity contribution in [1.82, 2.24) is 4.98 Å². The Hall–Kier alpha value is -3.10. The number of nitrogens with zero attached hydrogens (tertiary/aromatic N) is 2. The van der Waals surface area contributed by atoms with Gasteiger partial charge in [0.2, 0.25) is 5.75 Å². The largest absolute Gasteiger partial charge is 0.476 e. The van der Waals surface area contributed by atoms with Gasteiger partial charge in [-0.15, -0.1) is 0 Å². The summed E-state index contributed by atoms with van der Waals surface area (Å²) >= 11 is 0. The fourth-order valence-corrected chi connectivity index (χ4v) is 1.55. The second-order valence-corrected chi connectivity index (χ2v) is 4.05. The summed E-state index contributed by atoms with van der Waals surface area (Å²) in [5, 5.41) is 13.0. The van der Waals surface area contributed by atoms with Gasteiger partial charge >= 0.3 is 5.82 Å². The first-order valence-corrected chi connectivity index (χ1v) is 5.94. The van der Waals surface area contributed by atoms with Crippen molar-refractivity contribution in [2.45, 2.75) is 0 Å². The number of anilines is 1. The lowest BCUT2D eigenvalue weighted by Crippen LogP contribution is -2.20. The fraction of sp³-hybridized carbons (Fsp3) is 0.0769. The van der Waals surface area contributed by atoms with Crippen LogP contribution in [0.5, 0.6) is 5.75 Å². The molecule has 0 saturated heterocycles. The van der Waals surface area contributed by atoms with E-state index < -0.39 is 34.9 Å². The fourth-order valence-electron chi connectivity index (χ4n) is 1.55. The molecule has 2 rings (SSSR count). The maximum atomic E-state index is 13.0. The summed E-state index contributed by atoms with van der Waals surface area (Å²) in [4.78, 5) is 25.1. The van der Waals surface area contributed by atoms with E-state index in [2.05, 4.69) is 10.3 Å². The van der Waals surface area contributed by atoms with E-state index in [0.717, 1.165) is 12.1 Å². The third-order valence-electron chi connectivity index (χ3n) is 2.49. The van der Waals surface area contributed by atoms with Gasteiger partial charge in [-0.3, -0.25) is 4.79 Å². The lowest BCUT2D eigenvalue weighted by Gasteiger charge is -2.07. The molecular weight excluding hydrogens is 300 g/mol. The molecule has 7 nitrogen and oxygen atoms in total. The molecule has 1 heterocycles. The van der Waals surface area contributed by atoms with Crippen molar-refractivity contribution in [3.05, 3.63) is 58.3 Å². The summed E-state index contributed by atoms with van der Waals surface area (Å²) in [6.45, 7) is -0.550. The summed E-state index contributed by atoms with van der Waals surface area (Å²) in [5.41, 5.74) is 0.0354. The van der Waals surface area contributed by atoms with E-state index >= 15 is 0 Å². The normalized spacial score (nSPS) is 10.1. The highest BCUT2D eigenvalue weighted by molar-refractivity contribution is 5.91. The molecule has 0 bridgehead atoms. The van der Waals surface area contributed by atoms with E-state index in [9.17, 15) is 23.7 Å². The van der Waals surface area contributed by atoms with Crippen LogP contribution in [0.2, 0.25) is 0 Å². The maximum Gasteiger partial charge on any atom is 0.406 e. The zero-order valence-corrected chi connectivity index (χ0v) is 11.0. The van der Waals surface area contributed by atoms with Crippen molar-refractivity contribution >= 4 is 17.4 Å². The number of ether oxygens (including phenoxy) is 1. The summed E-state index contributed by atoms with van der Waals surface area (Å²) in [5.74, 6) is -3.54. The van der Waals surface area contributed by atoms with Crippen LogP contribution < -0.4 is 10.1 Å². The Morgan fingerprint density at radius 3 is 2.77 bits per heavy atom. The van der Waals surface area contributed by atoms with Gasteiger partial charge in [0.15, 0.2) is 18.2 Å². The zero-order valence-electron chi connectivity index (χ0n) is 11.0. The molecule has 1 aromatic carbocycles. The predicted octanol–water partition coefficient (Wildman–Crippen LogP) is 2.29. The van der Waals surface area contributed by atoms with E-state index in [1.807, 2.05) is 0 Å². The first-order chi connectivity index (χ1) is 10.5. The van der Waals surface area contributed by atoms with E-state index in [0.29, 0.717) is 0 Å². The number of nitrogens with one attached hydrogen (secondary N) is 1. The van der Waals surface area contributed by atoms with Crippen molar-refractivity contribution in [3.63, 3.8) is 0 Å². The molecule has 0 radical (unpaired) electrons. The Bertz CT molecular complexity index is 724. The average molecular weight is 309 g/mol. The molecule has 1 N–H and O–H groups in total. The lowest BCUT2D eigenvalue weighted by molar-refractivity contribution is -0.390. The molecule has 114 valence electrons. The van der Waals surface area contributed by atoms with Crippen LogP contribution in [0.25, 0.3) is 0 Å². The van der Waals surface area contributed by atoms with Crippen molar-refractivity contribution in [3.8, 4) is 5.75 Å². The molecule has 2 aromatic rings. The minimum absolute atomic E-state index is 0.0354. The van der Waals surface area contributed by atoms with Crippen molar-refractivity contribution < 1.29 is 23.2 Å². The van der Waals surface area contributed by atoms with Gasteiger partial charge in [-0.25, -0.2) is 8.78 Å². The van der Waals surface area contributed by atoms with Crippen molar-refractivity contribution in [2.75, 3.05) is 11.9 Å². The first kappa shape index (κ1) is 15.3. The van der Waals surface area contributed by atoms with Gasteiger partial charge in [-0.1, -0.05) is 0 Å². The number of nitro groups is 1. The molecule has 0 fully saturated rings. The van der Waals surface area contributed by atoms with Gasteiger partial charge < -0.3 is 20.2 Å². The number of amides is 1. The van der Waals surface area contributed by atoms with Gasteiger partial charge in [0.25, 0.3) is 5.91 Å². The minimum Gasteiger partial charge on any atom is -0.476 e. The summed E-state index contributed by atoms with van der Waals surface area (Å²) in [6, 6.07) is 5.53. The van der Waals surface area contributed by atoms with Crippen LogP contribution in [0.4, 0.5) is 20.3 Å². The Morgan fingerprint density at radius 1 is 1.32 bits per heavy atom. The predicted molar refractivity (Wildman–Crippen MR) is 71.4 cm³/mol. The quantitative estimate of drug-likeness (QED) is 0.675. The van der Waals surface area contributed by atoms with E-state index in [-0.39, 0.29) is 11.4 Å². The highest BCUT2D eigenvalue weighted by Crippen LogP contribution is 2.22. The monoisotopic (exact) mass is 309 g/mol. The summed E-state index contributed by atoms with van der Waals surface area (Å²) in [7, 11) is 0. The third kappa shape index (κ3) is 3.72. The number of hydrogen-bond acceptors (Lipinski definition) is 5. The molecule has 0 saturated carbocycles. The molecule has 9 heteroatoms. The Kier molecular flexibility index (Phi) is 4.57. The average Bonchev–Trinajstić information content (AvgIpc) is 2.49. The SMILES string of the molecule is O=C(COc1cccnc1[N+](=O)[O-])Nc1ccc(F)c(F)c1. The van der Waals surface area contributed by atoms with Crippen LogP contribution in [-0.2, 0) is 4.79 Å². The number of carbonyl (C=O) groups excluding carboxylic acids is 1. The second kappa shape index (κ2) is 6.57. The molecular formula is C13H9F2N3O4. The van der Waals surface area contributed by atoms with Crippen LogP contribution >= 0.6 is 0 Å². The molecule has 0 atom stereocenters. The van der Waals surface area contributed by atoms with Gasteiger partial charge in [0.1, 0.15) is 6.20 Å². The summed E-state index contributed by atoms with van der Waals surface area (Å²) in [6.07, 6.45) is 1.21. The topological polar surface area (TPSA) is 94.4 Å². The number of aromatic nitrogens is 1. The van der Waals surface area contributed by atoms with Crippen LogP contribution in [0.15, 0.2) is 36.5 Å². The number of hydrogen-bond donors (Lipinski definition) is 1. The molecule has 1 amide bonds. The van der Waals surface area contributed by atoms with Gasteiger partial charge in [-0.05, 0) is 34.2 Å². The first-order valence-electron chi connectivity index (χ1n) is 5.94. The van der Waals surface area contributed by atoms with Gasteiger partial charge in [-0.2, -0.15) is 0 Å². The standard InChI is InChI=1S/C13H9F2N3O4/c14-9-4-3-8(6-10(9)15)17-12(19)7-22-11-2-1-5-16-13(11)18(20)21/h1-6H,7H2,(H,17,19). The van der Waals surface area contributed by atoms with Gasteiger partial charge in [0, 0.05) is 11.8 Å². The van der Waals surface area contributed by atoms with Crippen molar-refractivity contribution in [2.24, 2.45) is 0 Å². The number of benzene rings is 1. The van der Waals surface area contributed by atoms with Crippen LogP contribution in [-0.4, -0.2) is 22.4 Å². The van der Waals surface area contributed by atoms with Crippen LogP contribution in [0, 0.1) is 21.7 Å². The third-order valence-corrected chi connectivity index (χ3v) is 2.49. The molecule has 0 aliphatic carbocycles. The van der Waals surface area contributed by atoms with Crippen molar-refractivity contribution in [1.29, 1.82) is 0 Å². The molecule has 0 aliphatic heterocycles. The lowest BCUT2D eigenvalue weighted by atomic mass is 10.3. The van der Waals surface area contributed by atoms with E-state index in [1.54, 1.807) is 0 Å². The van der Waals surface area contributed by atoms with Crippen LogP contribution in [0.3, 0.4) is 0 Å². The number of rotatable bonds is 5. The van der Waals surface area contributed by atoms with Gasteiger partial charge in [0.05, 0.1) is 0 Å². The molecule has 0 unspecified atom stereocenters. The highest BCUT2D eigenvalue weighted by atomic mass is 19.2. The van der Waals surface area contributed by atoms with E-state index in [4.69, 9.17) is 4.74 Å². The number of carbonyl (C=O) groups is 1. The number of pyridine rings is 1. The Balaban J connectivity index is 1.98. The molecule has 22 heavy (non-hydrogen) atoms. The Morgan fingerprint density at radius 2 is 2.09 bits per heavy atom. The summed E-state index contributed by atoms with van der Waals surface area (Å²) < 4.78 is 30.7. The number of halogens is 2.